The fourth-order valence-electron chi connectivity index (χ4n) is 4.22. The van der Waals surface area contributed by atoms with Gasteiger partial charge in [0.15, 0.2) is 0 Å². The zero-order valence-electron chi connectivity index (χ0n) is 17.7. The van der Waals surface area contributed by atoms with E-state index in [1.165, 1.54) is 38.4 Å². The lowest BCUT2D eigenvalue weighted by atomic mass is 9.90. The molecular formula is C26H29NO4. The number of nitrogens with zero attached hydrogens (tertiary/aromatic N) is 1. The molecule has 0 radical (unpaired) electrons. The standard InChI is InChI=1S/C26H29NO4/c28-15-14-22(20-10-5-2-6-11-20)27-16-21-18-31-24-13-7-12-23(25(24)26(21)29)30-17-19-8-3-1-4-9-19/h2,5-7,10-13,16,18-19,22,28H,1,3-4,8-9,14-15,17H2. The second-order valence-corrected chi connectivity index (χ2v) is 8.18. The SMILES string of the molecule is O=c1c(C=NC(CCO)c2ccccc2)coc2cccc(OCC3CCCCC3)c12. The number of aliphatic hydroxyl groups excluding tert-OH is 1. The molecule has 1 saturated carbocycles. The molecule has 1 aromatic heterocycles. The van der Waals surface area contributed by atoms with Crippen molar-refractivity contribution in [1.29, 1.82) is 0 Å². The molecule has 1 fully saturated rings. The van der Waals surface area contributed by atoms with Gasteiger partial charge in [-0.25, -0.2) is 0 Å². The minimum absolute atomic E-state index is 0.0163. The summed E-state index contributed by atoms with van der Waals surface area (Å²) in [5.41, 5.74) is 1.73. The smallest absolute Gasteiger partial charge is 0.205 e. The first-order valence-corrected chi connectivity index (χ1v) is 11.1. The quantitative estimate of drug-likeness (QED) is 0.503. The van der Waals surface area contributed by atoms with Gasteiger partial charge in [0.2, 0.25) is 5.43 Å². The highest BCUT2D eigenvalue weighted by Gasteiger charge is 2.17. The van der Waals surface area contributed by atoms with E-state index in [4.69, 9.17) is 9.15 Å². The van der Waals surface area contributed by atoms with Crippen LogP contribution in [0.25, 0.3) is 11.0 Å². The van der Waals surface area contributed by atoms with Crippen LogP contribution in [0, 0.1) is 5.92 Å². The van der Waals surface area contributed by atoms with Crippen LogP contribution in [-0.4, -0.2) is 24.5 Å². The number of rotatable bonds is 8. The Morgan fingerprint density at radius 1 is 1.10 bits per heavy atom. The minimum atomic E-state index is -0.223. The highest BCUT2D eigenvalue weighted by molar-refractivity contribution is 5.89. The molecule has 162 valence electrons. The molecule has 5 heteroatoms. The van der Waals surface area contributed by atoms with Crippen LogP contribution < -0.4 is 10.2 Å². The Balaban J connectivity index is 1.60. The van der Waals surface area contributed by atoms with Crippen LogP contribution in [0.15, 0.2) is 69.0 Å². The number of benzene rings is 2. The van der Waals surface area contributed by atoms with Crippen molar-refractivity contribution in [3.63, 3.8) is 0 Å². The van der Waals surface area contributed by atoms with E-state index in [1.807, 2.05) is 42.5 Å². The molecule has 3 aromatic rings. The van der Waals surface area contributed by atoms with Gasteiger partial charge >= 0.3 is 0 Å². The van der Waals surface area contributed by atoms with Crippen molar-refractivity contribution in [2.75, 3.05) is 13.2 Å². The summed E-state index contributed by atoms with van der Waals surface area (Å²) in [6.45, 7) is 0.645. The van der Waals surface area contributed by atoms with Gasteiger partial charge < -0.3 is 14.3 Å². The van der Waals surface area contributed by atoms with Crippen LogP contribution in [0.2, 0.25) is 0 Å². The molecule has 0 spiro atoms. The summed E-state index contributed by atoms with van der Waals surface area (Å²) in [6.07, 6.45) is 9.65. The van der Waals surface area contributed by atoms with Gasteiger partial charge in [0.25, 0.3) is 0 Å². The van der Waals surface area contributed by atoms with Crippen LogP contribution >= 0.6 is 0 Å². The van der Waals surface area contributed by atoms with Gasteiger partial charge in [-0.05, 0) is 42.9 Å². The average molecular weight is 420 g/mol. The van der Waals surface area contributed by atoms with Crippen molar-refractivity contribution < 1.29 is 14.3 Å². The zero-order valence-corrected chi connectivity index (χ0v) is 17.7. The van der Waals surface area contributed by atoms with Gasteiger partial charge in [-0.1, -0.05) is 55.7 Å². The molecule has 1 heterocycles. The van der Waals surface area contributed by atoms with Crippen molar-refractivity contribution >= 4 is 17.2 Å². The van der Waals surface area contributed by atoms with Gasteiger partial charge in [-0.3, -0.25) is 9.79 Å². The Bertz CT molecular complexity index is 1070. The fraction of sp³-hybridized carbons (Fsp3) is 0.385. The topological polar surface area (TPSA) is 72.0 Å². The maximum Gasteiger partial charge on any atom is 0.205 e. The van der Waals surface area contributed by atoms with E-state index in [0.717, 1.165) is 5.56 Å². The van der Waals surface area contributed by atoms with E-state index < -0.39 is 0 Å². The summed E-state index contributed by atoms with van der Waals surface area (Å²) in [5.74, 6) is 1.12. The Morgan fingerprint density at radius 3 is 2.68 bits per heavy atom. The Labute approximate surface area is 182 Å². The van der Waals surface area contributed by atoms with Crippen LogP contribution in [0.4, 0.5) is 0 Å². The normalized spacial score (nSPS) is 16.0. The third-order valence-corrected chi connectivity index (χ3v) is 5.97. The number of fused-ring (bicyclic) bond motifs is 1. The summed E-state index contributed by atoms with van der Waals surface area (Å²) < 4.78 is 11.8. The molecule has 4 rings (SSSR count). The molecule has 1 unspecified atom stereocenters. The molecule has 31 heavy (non-hydrogen) atoms. The summed E-state index contributed by atoms with van der Waals surface area (Å²) in [7, 11) is 0. The summed E-state index contributed by atoms with van der Waals surface area (Å²) in [5, 5.41) is 9.88. The van der Waals surface area contributed by atoms with Crippen molar-refractivity contribution in [3.05, 3.63) is 76.1 Å². The lowest BCUT2D eigenvalue weighted by Crippen LogP contribution is -2.16. The van der Waals surface area contributed by atoms with Crippen LogP contribution in [0.3, 0.4) is 0 Å². The molecule has 0 amide bonds. The molecule has 5 nitrogen and oxygen atoms in total. The Hall–Kier alpha value is -2.92. The lowest BCUT2D eigenvalue weighted by Gasteiger charge is -2.21. The third-order valence-electron chi connectivity index (χ3n) is 5.97. The molecule has 0 bridgehead atoms. The fourth-order valence-corrected chi connectivity index (χ4v) is 4.22. The highest BCUT2D eigenvalue weighted by atomic mass is 16.5. The van der Waals surface area contributed by atoms with Gasteiger partial charge in [0.1, 0.15) is 23.0 Å². The van der Waals surface area contributed by atoms with E-state index in [-0.39, 0.29) is 18.1 Å². The van der Waals surface area contributed by atoms with Gasteiger partial charge in [0.05, 0.1) is 18.2 Å². The molecule has 2 aromatic carbocycles. The summed E-state index contributed by atoms with van der Waals surface area (Å²) in [6, 6.07) is 15.0. The van der Waals surface area contributed by atoms with E-state index in [9.17, 15) is 9.90 Å². The third kappa shape index (κ3) is 5.23. The van der Waals surface area contributed by atoms with Gasteiger partial charge in [-0.15, -0.1) is 0 Å². The predicted molar refractivity (Wildman–Crippen MR) is 123 cm³/mol. The first-order chi connectivity index (χ1) is 15.3. The number of hydrogen-bond acceptors (Lipinski definition) is 5. The first kappa shape index (κ1) is 21.3. The molecule has 1 N–H and O–H groups in total. The molecule has 1 atom stereocenters. The van der Waals surface area contributed by atoms with Crippen LogP contribution in [0.1, 0.15) is 55.7 Å². The highest BCUT2D eigenvalue weighted by Crippen LogP contribution is 2.27. The predicted octanol–water partition coefficient (Wildman–Crippen LogP) is 5.29. The van der Waals surface area contributed by atoms with Crippen molar-refractivity contribution in [2.45, 2.75) is 44.6 Å². The monoisotopic (exact) mass is 419 g/mol. The number of aliphatic imine (C=N–C) groups is 1. The Kier molecular flexibility index (Phi) is 7.15. The zero-order chi connectivity index (χ0) is 21.5. The maximum absolute atomic E-state index is 13.2. The largest absolute Gasteiger partial charge is 0.492 e. The maximum atomic E-state index is 13.2. The number of aliphatic hydroxyl groups is 1. The summed E-state index contributed by atoms with van der Waals surface area (Å²) in [4.78, 5) is 17.8. The van der Waals surface area contributed by atoms with E-state index in [0.29, 0.717) is 41.2 Å². The molecule has 1 aliphatic carbocycles. The lowest BCUT2D eigenvalue weighted by molar-refractivity contribution is 0.210. The van der Waals surface area contributed by atoms with Crippen molar-refractivity contribution in [2.24, 2.45) is 10.9 Å². The first-order valence-electron chi connectivity index (χ1n) is 11.1. The minimum Gasteiger partial charge on any atom is -0.492 e. The second-order valence-electron chi connectivity index (χ2n) is 8.18. The Morgan fingerprint density at radius 2 is 1.90 bits per heavy atom. The number of ether oxygens (including phenoxy) is 1. The van der Waals surface area contributed by atoms with Crippen LogP contribution in [0.5, 0.6) is 5.75 Å². The summed E-state index contributed by atoms with van der Waals surface area (Å²) >= 11 is 0. The van der Waals surface area contributed by atoms with Gasteiger partial charge in [-0.2, -0.15) is 0 Å². The average Bonchev–Trinajstić information content (AvgIpc) is 2.82. The van der Waals surface area contributed by atoms with E-state index in [2.05, 4.69) is 4.99 Å². The molecule has 1 aliphatic rings. The second kappa shape index (κ2) is 10.4. The van der Waals surface area contributed by atoms with Crippen LogP contribution in [-0.2, 0) is 0 Å². The molecular weight excluding hydrogens is 390 g/mol. The van der Waals surface area contributed by atoms with E-state index >= 15 is 0 Å². The van der Waals surface area contributed by atoms with Crippen molar-refractivity contribution in [3.8, 4) is 5.75 Å². The van der Waals surface area contributed by atoms with Crippen molar-refractivity contribution in [1.82, 2.24) is 0 Å². The number of hydrogen-bond donors (Lipinski definition) is 1. The van der Waals surface area contributed by atoms with E-state index in [1.54, 1.807) is 12.3 Å². The molecule has 0 saturated heterocycles. The van der Waals surface area contributed by atoms with Gasteiger partial charge in [0, 0.05) is 12.8 Å². The molecule has 0 aliphatic heterocycles.